The van der Waals surface area contributed by atoms with Crippen LogP contribution in [0.25, 0.3) is 5.69 Å². The lowest BCUT2D eigenvalue weighted by Gasteiger charge is -2.26. The van der Waals surface area contributed by atoms with Gasteiger partial charge in [-0.2, -0.15) is 5.10 Å². The monoisotopic (exact) mass is 335 g/mol. The van der Waals surface area contributed by atoms with Gasteiger partial charge in [0.2, 0.25) is 0 Å². The van der Waals surface area contributed by atoms with Crippen molar-refractivity contribution in [2.75, 3.05) is 6.54 Å². The highest BCUT2D eigenvalue weighted by molar-refractivity contribution is 6.30. The summed E-state index contributed by atoms with van der Waals surface area (Å²) >= 11 is 5.95. The summed E-state index contributed by atoms with van der Waals surface area (Å²) in [6.45, 7) is 3.37. The lowest BCUT2D eigenvalue weighted by Crippen LogP contribution is -2.42. The van der Waals surface area contributed by atoms with Crippen molar-refractivity contribution in [3.63, 3.8) is 0 Å². The molecule has 2 aromatic rings. The summed E-state index contributed by atoms with van der Waals surface area (Å²) in [6.07, 6.45) is 2.31. The van der Waals surface area contributed by atoms with Crippen LogP contribution in [0.1, 0.15) is 30.8 Å². The number of rotatable bonds is 6. The van der Waals surface area contributed by atoms with Crippen LogP contribution >= 0.6 is 11.6 Å². The van der Waals surface area contributed by atoms with Crippen molar-refractivity contribution in [1.82, 2.24) is 14.7 Å². The Hall–Kier alpha value is -2.34. The minimum absolute atomic E-state index is 0.185. The van der Waals surface area contributed by atoms with Gasteiger partial charge in [-0.1, -0.05) is 24.6 Å². The number of hydrogen-bond acceptors (Lipinski definition) is 3. The lowest BCUT2D eigenvalue weighted by molar-refractivity contribution is -0.138. The van der Waals surface area contributed by atoms with Gasteiger partial charge in [-0.15, -0.1) is 0 Å². The molecule has 0 saturated carbocycles. The van der Waals surface area contributed by atoms with E-state index >= 15 is 0 Å². The summed E-state index contributed by atoms with van der Waals surface area (Å²) in [6, 6.07) is 8.47. The highest BCUT2D eigenvalue weighted by atomic mass is 35.5. The first-order valence-electron chi connectivity index (χ1n) is 7.26. The van der Waals surface area contributed by atoms with Gasteiger partial charge in [0.05, 0.1) is 5.69 Å². The van der Waals surface area contributed by atoms with Gasteiger partial charge in [-0.05, 0) is 37.6 Å². The van der Waals surface area contributed by atoms with E-state index in [1.165, 1.54) is 9.58 Å². The molecule has 0 aliphatic rings. The molecule has 0 radical (unpaired) electrons. The van der Waals surface area contributed by atoms with E-state index in [9.17, 15) is 9.59 Å². The molecule has 1 N–H and O–H groups in total. The molecule has 1 amide bonds. The Kier molecular flexibility index (Phi) is 5.39. The Morgan fingerprint density at radius 2 is 2.13 bits per heavy atom. The molecule has 2 rings (SSSR count). The molecule has 1 aromatic heterocycles. The predicted molar refractivity (Wildman–Crippen MR) is 87.0 cm³/mol. The minimum Gasteiger partial charge on any atom is -0.480 e. The molecule has 0 aliphatic carbocycles. The molecule has 0 aliphatic heterocycles. The third kappa shape index (κ3) is 4.10. The zero-order valence-electron chi connectivity index (χ0n) is 12.9. The first-order chi connectivity index (χ1) is 10.9. The minimum atomic E-state index is -1.05. The Morgan fingerprint density at radius 3 is 2.74 bits per heavy atom. The van der Waals surface area contributed by atoms with E-state index in [4.69, 9.17) is 16.7 Å². The maximum Gasteiger partial charge on any atom is 0.323 e. The van der Waals surface area contributed by atoms with Crippen molar-refractivity contribution in [3.8, 4) is 5.69 Å². The molecule has 0 saturated heterocycles. The summed E-state index contributed by atoms with van der Waals surface area (Å²) in [5, 5.41) is 13.8. The molecule has 1 heterocycles. The summed E-state index contributed by atoms with van der Waals surface area (Å²) < 4.78 is 1.54. The van der Waals surface area contributed by atoms with E-state index < -0.39 is 11.9 Å². The van der Waals surface area contributed by atoms with E-state index in [0.29, 0.717) is 11.4 Å². The standard InChI is InChI=1S/C16H18ClN3O3/c1-3-11(2)19(10-15(21)22)16(23)14-7-8-20(18-14)13-6-4-5-12(17)9-13/h4-9,11H,3,10H2,1-2H3,(H,21,22). The fourth-order valence-corrected chi connectivity index (χ4v) is 2.33. The fraction of sp³-hybridized carbons (Fsp3) is 0.312. The van der Waals surface area contributed by atoms with Gasteiger partial charge in [0.15, 0.2) is 5.69 Å². The number of amides is 1. The van der Waals surface area contributed by atoms with Gasteiger partial charge in [0.1, 0.15) is 6.54 Å². The number of aromatic nitrogens is 2. The van der Waals surface area contributed by atoms with Gasteiger partial charge < -0.3 is 10.0 Å². The van der Waals surface area contributed by atoms with E-state index in [1.54, 1.807) is 30.5 Å². The number of nitrogens with zero attached hydrogens (tertiary/aromatic N) is 3. The van der Waals surface area contributed by atoms with Crippen molar-refractivity contribution in [3.05, 3.63) is 47.2 Å². The number of halogens is 1. The maximum absolute atomic E-state index is 12.6. The van der Waals surface area contributed by atoms with Crippen molar-refractivity contribution in [2.24, 2.45) is 0 Å². The van der Waals surface area contributed by atoms with Crippen LogP contribution in [0.15, 0.2) is 36.5 Å². The maximum atomic E-state index is 12.6. The van der Waals surface area contributed by atoms with E-state index in [2.05, 4.69) is 5.10 Å². The largest absolute Gasteiger partial charge is 0.480 e. The van der Waals surface area contributed by atoms with E-state index in [0.717, 1.165) is 5.69 Å². The van der Waals surface area contributed by atoms with Crippen molar-refractivity contribution in [1.29, 1.82) is 0 Å². The first-order valence-corrected chi connectivity index (χ1v) is 7.64. The summed E-state index contributed by atoms with van der Waals surface area (Å²) in [4.78, 5) is 24.9. The molecule has 1 aromatic carbocycles. The third-order valence-electron chi connectivity index (χ3n) is 3.57. The second kappa shape index (κ2) is 7.28. The number of hydrogen-bond donors (Lipinski definition) is 1. The van der Waals surface area contributed by atoms with Crippen LogP contribution in [0.2, 0.25) is 5.02 Å². The van der Waals surface area contributed by atoms with Gasteiger partial charge in [-0.25, -0.2) is 4.68 Å². The molecule has 23 heavy (non-hydrogen) atoms. The molecule has 122 valence electrons. The van der Waals surface area contributed by atoms with Crippen LogP contribution < -0.4 is 0 Å². The van der Waals surface area contributed by atoms with Crippen LogP contribution in [0, 0.1) is 0 Å². The second-order valence-electron chi connectivity index (χ2n) is 5.21. The van der Waals surface area contributed by atoms with Gasteiger partial charge >= 0.3 is 5.97 Å². The quantitative estimate of drug-likeness (QED) is 0.880. The highest BCUT2D eigenvalue weighted by Crippen LogP contribution is 2.15. The number of aliphatic carboxylic acids is 1. The second-order valence-corrected chi connectivity index (χ2v) is 5.65. The number of benzene rings is 1. The number of carbonyl (C=O) groups excluding carboxylic acids is 1. The van der Waals surface area contributed by atoms with E-state index in [-0.39, 0.29) is 18.3 Å². The zero-order chi connectivity index (χ0) is 17.0. The van der Waals surface area contributed by atoms with Gasteiger partial charge in [-0.3, -0.25) is 9.59 Å². The first kappa shape index (κ1) is 17.0. The molecule has 0 fully saturated rings. The Bertz CT molecular complexity index is 714. The van der Waals surface area contributed by atoms with Crippen molar-refractivity contribution < 1.29 is 14.7 Å². The number of carbonyl (C=O) groups is 2. The summed E-state index contributed by atoms with van der Waals surface area (Å²) in [7, 11) is 0. The predicted octanol–water partition coefficient (Wildman–Crippen LogP) is 2.85. The molecule has 6 nitrogen and oxygen atoms in total. The Morgan fingerprint density at radius 1 is 1.39 bits per heavy atom. The summed E-state index contributed by atoms with van der Waals surface area (Å²) in [5.41, 5.74) is 0.927. The number of carboxylic acid groups (broad SMARTS) is 1. The molecule has 0 bridgehead atoms. The highest BCUT2D eigenvalue weighted by Gasteiger charge is 2.24. The summed E-state index contributed by atoms with van der Waals surface area (Å²) in [5.74, 6) is -1.45. The SMILES string of the molecule is CCC(C)N(CC(=O)O)C(=O)c1ccn(-c2cccc(Cl)c2)n1. The molecular weight excluding hydrogens is 318 g/mol. The third-order valence-corrected chi connectivity index (χ3v) is 3.81. The Labute approximate surface area is 139 Å². The molecular formula is C16H18ClN3O3. The topological polar surface area (TPSA) is 75.4 Å². The zero-order valence-corrected chi connectivity index (χ0v) is 13.7. The average molecular weight is 336 g/mol. The van der Waals surface area contributed by atoms with Crippen LogP contribution in [-0.4, -0.2) is 44.3 Å². The average Bonchev–Trinajstić information content (AvgIpc) is 3.01. The van der Waals surface area contributed by atoms with Crippen molar-refractivity contribution >= 4 is 23.5 Å². The van der Waals surface area contributed by atoms with Gasteiger partial charge in [0, 0.05) is 17.3 Å². The van der Waals surface area contributed by atoms with Crippen LogP contribution in [0.4, 0.5) is 0 Å². The van der Waals surface area contributed by atoms with Crippen LogP contribution in [0.3, 0.4) is 0 Å². The number of carboxylic acids is 1. The smallest absolute Gasteiger partial charge is 0.323 e. The fourth-order valence-electron chi connectivity index (χ4n) is 2.14. The normalized spacial score (nSPS) is 12.0. The molecule has 7 heteroatoms. The van der Waals surface area contributed by atoms with Crippen LogP contribution in [-0.2, 0) is 4.79 Å². The molecule has 0 spiro atoms. The van der Waals surface area contributed by atoms with Crippen molar-refractivity contribution in [2.45, 2.75) is 26.3 Å². The molecule has 1 unspecified atom stereocenters. The lowest BCUT2D eigenvalue weighted by atomic mass is 10.2. The van der Waals surface area contributed by atoms with Crippen LogP contribution in [0.5, 0.6) is 0 Å². The van der Waals surface area contributed by atoms with E-state index in [1.807, 2.05) is 19.9 Å². The van der Waals surface area contributed by atoms with Gasteiger partial charge in [0.25, 0.3) is 5.91 Å². The Balaban J connectivity index is 2.27. The molecule has 1 atom stereocenters.